The Hall–Kier alpha value is -10.4. The number of aliphatic hydroxyl groups excluding tert-OH is 6. The van der Waals surface area contributed by atoms with Crippen molar-refractivity contribution < 1.29 is 44.8 Å². The molecular weight excluding hydrogens is 1550 g/mol. The fraction of sp³-hybridized carbons (Fsp3) is 0.563. The first-order valence-electron chi connectivity index (χ1n) is 43.3. The Morgan fingerprint density at radius 3 is 1.15 bits per heavy atom. The summed E-state index contributed by atoms with van der Waals surface area (Å²) in [5.74, 6) is 6.45. The smallest absolute Gasteiger partial charge is 0.167 e. The van der Waals surface area contributed by atoms with E-state index >= 15 is 0 Å². The normalized spacial score (nSPS) is 28.8. The van der Waals surface area contributed by atoms with Crippen molar-refractivity contribution in [3.8, 4) is 12.1 Å². The van der Waals surface area contributed by atoms with Crippen LogP contribution in [0.1, 0.15) is 183 Å². The molecule has 6 aliphatic carbocycles. The molecule has 6 saturated carbocycles. The van der Waals surface area contributed by atoms with Gasteiger partial charge in [0.25, 0.3) is 0 Å². The van der Waals surface area contributed by atoms with Crippen LogP contribution in [0.5, 0.6) is 0 Å². The molecule has 0 radical (unpaired) electrons. The van der Waals surface area contributed by atoms with E-state index in [1.807, 2.05) is 24.3 Å². The van der Waals surface area contributed by atoms with Crippen molar-refractivity contribution in [2.75, 3.05) is 43.9 Å². The fourth-order valence-electron chi connectivity index (χ4n) is 19.6. The lowest BCUT2D eigenvalue weighted by Gasteiger charge is -2.46. The van der Waals surface area contributed by atoms with Crippen molar-refractivity contribution in [3.63, 3.8) is 0 Å². The van der Waals surface area contributed by atoms with Crippen LogP contribution < -0.4 is 17.2 Å². The summed E-state index contributed by atoms with van der Waals surface area (Å²) in [4.78, 5) is 69.3. The molecule has 3 aliphatic heterocycles. The zero-order valence-electron chi connectivity index (χ0n) is 69.2. The van der Waals surface area contributed by atoms with E-state index in [2.05, 4.69) is 152 Å². The Kier molecular flexibility index (Phi) is 21.8. The molecule has 9 aromatic heterocycles. The summed E-state index contributed by atoms with van der Waals surface area (Å²) in [6.07, 6.45) is 16.9. The topological polar surface area (TPSA) is 501 Å². The number of nitrogens with zero attached hydrogens (tertiary/aromatic N) is 20. The lowest BCUT2D eigenvalue weighted by atomic mass is 9.76. The third kappa shape index (κ3) is 15.6. The van der Waals surface area contributed by atoms with Crippen molar-refractivity contribution in [3.05, 3.63) is 127 Å². The molecule has 21 rings (SSSR count). The number of aliphatic hydroxyl groups is 6. The maximum Gasteiger partial charge on any atom is 0.167 e. The van der Waals surface area contributed by atoms with Crippen molar-refractivity contribution in [2.24, 2.45) is 17.8 Å². The van der Waals surface area contributed by atoms with Crippen LogP contribution in [-0.2, 0) is 44.3 Å². The number of likely N-dealkylation sites (N-methyl/N-ethyl adjacent to an activating group) is 1. The van der Waals surface area contributed by atoms with Crippen LogP contribution in [0.3, 0.4) is 0 Å². The van der Waals surface area contributed by atoms with E-state index in [1.54, 1.807) is 13.7 Å². The number of hydrogen-bond acceptors (Lipinski definition) is 29. The minimum Gasteiger partial charge on any atom is -0.387 e. The highest BCUT2D eigenvalue weighted by atomic mass is 16.6. The summed E-state index contributed by atoms with van der Waals surface area (Å²) < 4.78 is 23.4. The van der Waals surface area contributed by atoms with Crippen LogP contribution in [0, 0.1) is 40.4 Å². The Labute approximate surface area is 703 Å². The van der Waals surface area contributed by atoms with Gasteiger partial charge in [0.2, 0.25) is 0 Å². The molecule has 0 spiro atoms. The molecule has 122 heavy (non-hydrogen) atoms. The molecular formula is C87H108N26O9. The monoisotopic (exact) mass is 1660 g/mol. The second-order valence-corrected chi connectivity index (χ2v) is 36.5. The molecule has 0 unspecified atom stereocenters. The van der Waals surface area contributed by atoms with E-state index in [9.17, 15) is 41.2 Å². The number of anilines is 3. The lowest BCUT2D eigenvalue weighted by Crippen LogP contribution is -2.52. The number of benzene rings is 3. The lowest BCUT2D eigenvalue weighted by molar-refractivity contribution is -0.0620. The van der Waals surface area contributed by atoms with Gasteiger partial charge in [-0.1, -0.05) is 18.2 Å². The number of ether oxygens (including phenoxy) is 3. The van der Waals surface area contributed by atoms with Crippen LogP contribution >= 0.6 is 0 Å². The predicted octanol–water partition coefficient (Wildman–Crippen LogP) is 7.29. The highest BCUT2D eigenvalue weighted by Gasteiger charge is 2.51. The third-order valence-electron chi connectivity index (χ3n) is 27.8. The van der Waals surface area contributed by atoms with Crippen LogP contribution in [0.25, 0.3) is 66.6 Å². The second-order valence-electron chi connectivity index (χ2n) is 36.5. The average molecular weight is 1660 g/mol. The molecule has 0 amide bonds. The van der Waals surface area contributed by atoms with Gasteiger partial charge in [-0.15, -0.1) is 0 Å². The molecule has 9 fully saturated rings. The summed E-state index contributed by atoms with van der Waals surface area (Å²) in [6.45, 7) is 10.2. The molecule has 12 aromatic rings. The molecule has 12 heterocycles. The number of fused-ring (bicyclic) bond motifs is 6. The van der Waals surface area contributed by atoms with Crippen LogP contribution in [0.4, 0.5) is 17.5 Å². The van der Waals surface area contributed by atoms with Gasteiger partial charge < -0.3 is 81.9 Å². The Morgan fingerprint density at radius 1 is 0.459 bits per heavy atom. The average Bonchev–Trinajstić information content (AvgIpc) is 1.62. The van der Waals surface area contributed by atoms with E-state index in [-0.39, 0.29) is 40.4 Å². The van der Waals surface area contributed by atoms with Crippen molar-refractivity contribution in [1.82, 2.24) is 103 Å². The van der Waals surface area contributed by atoms with Gasteiger partial charge in [-0.3, -0.25) is 23.5 Å². The highest BCUT2D eigenvalue weighted by Crippen LogP contribution is 2.50. The van der Waals surface area contributed by atoms with Gasteiger partial charge in [-0.2, -0.15) is 10.5 Å². The molecule has 12 atom stereocenters. The van der Waals surface area contributed by atoms with Crippen LogP contribution in [0.2, 0.25) is 0 Å². The molecule has 0 bridgehead atoms. The Balaban J connectivity index is 0.000000121. The largest absolute Gasteiger partial charge is 0.387 e. The summed E-state index contributed by atoms with van der Waals surface area (Å²) in [7, 11) is 2.06. The Bertz CT molecular complexity index is 5630. The maximum atomic E-state index is 10.9. The van der Waals surface area contributed by atoms with Gasteiger partial charge in [0.15, 0.2) is 53.1 Å². The van der Waals surface area contributed by atoms with Gasteiger partial charge in [0, 0.05) is 69.1 Å². The number of nitriles is 2. The molecule has 3 aromatic carbocycles. The number of aromatic nitrogens is 18. The van der Waals surface area contributed by atoms with E-state index in [0.717, 1.165) is 170 Å². The number of imidazole rings is 6. The quantitative estimate of drug-likeness (QED) is 0.0253. The van der Waals surface area contributed by atoms with E-state index in [4.69, 9.17) is 46.4 Å². The number of nitrogen functional groups attached to an aromatic ring is 3. The summed E-state index contributed by atoms with van der Waals surface area (Å²) in [6, 6.07) is 25.7. The van der Waals surface area contributed by atoms with E-state index < -0.39 is 73.6 Å². The summed E-state index contributed by atoms with van der Waals surface area (Å²) >= 11 is 0. The summed E-state index contributed by atoms with van der Waals surface area (Å²) in [5, 5.41) is 84.2. The molecule has 3 saturated heterocycles. The van der Waals surface area contributed by atoms with Crippen LogP contribution in [-0.4, -0.2) is 246 Å². The van der Waals surface area contributed by atoms with Gasteiger partial charge in [0.05, 0.1) is 75.1 Å². The molecule has 35 heteroatoms. The standard InChI is InChI=1S/2C30H37N9O3.C27H34N8O3/c2*1-16(2)38(12-22-25(40)26(41)29(42-22)39-15-35-24-27(32)33-14-34-28(24)39)19-9-17(10-19)3-6-23-36-20-5-4-18(11-21(20)37-23)30(13-31)7-8-30;1-34(11-20-23(36)24(37)27(38-20)35-13-31-22-25(28)29-12-30-26(22)35)17-8-14(9-17)2-7-21-32-18-6-5-16(15-3-4-15)10-19(18)33-21/h2*4-5,11,14-17,19,22,25-26,29,40-41H,3,6-10,12H2,1-2H3,(H,36,37)(H2,32,33,34);5-6,10,12-15,17,20,23-24,27,36-37H,2-4,7-9,11H2,1H3,(H,32,33)(H2,28,29,30)/t2*17?,19?,22-,25-,26-,29-;14?,17?,20-,23-,24-,27-/m111/s1. The number of aromatic amines is 3. The first-order chi connectivity index (χ1) is 59.0. The summed E-state index contributed by atoms with van der Waals surface area (Å²) in [5.41, 5.74) is 29.6. The fourth-order valence-corrected chi connectivity index (χ4v) is 19.6. The number of aryl methyl sites for hydroxylation is 3. The van der Waals surface area contributed by atoms with E-state index in [0.29, 0.717) is 89.0 Å². The van der Waals surface area contributed by atoms with Gasteiger partial charge in [-0.05, 0) is 208 Å². The van der Waals surface area contributed by atoms with Crippen LogP contribution in [0.15, 0.2) is 92.6 Å². The first-order valence-corrected chi connectivity index (χ1v) is 43.3. The van der Waals surface area contributed by atoms with Gasteiger partial charge in [0.1, 0.15) is 108 Å². The predicted molar refractivity (Wildman–Crippen MR) is 451 cm³/mol. The Morgan fingerprint density at radius 2 is 0.803 bits per heavy atom. The molecule has 640 valence electrons. The maximum absolute atomic E-state index is 10.9. The minimum absolute atomic E-state index is 0.255. The zero-order valence-corrected chi connectivity index (χ0v) is 69.2. The highest BCUT2D eigenvalue weighted by molar-refractivity contribution is 5.83. The number of H-pyrrole nitrogens is 3. The first kappa shape index (κ1) is 81.3. The number of nitrogens with two attached hydrogens (primary N) is 3. The van der Waals surface area contributed by atoms with Crippen molar-refractivity contribution in [2.45, 2.75) is 264 Å². The minimum atomic E-state index is -1.12. The molecule has 15 N–H and O–H groups in total. The molecule has 9 aliphatic rings. The number of rotatable bonds is 26. The van der Waals surface area contributed by atoms with Crippen molar-refractivity contribution >= 4 is 84.0 Å². The van der Waals surface area contributed by atoms with Gasteiger partial charge >= 0.3 is 0 Å². The molecule has 35 nitrogen and oxygen atoms in total. The van der Waals surface area contributed by atoms with Crippen molar-refractivity contribution in [1.29, 1.82) is 10.5 Å². The zero-order chi connectivity index (χ0) is 84.3. The second kappa shape index (κ2) is 32.7. The van der Waals surface area contributed by atoms with Gasteiger partial charge in [-0.25, -0.2) is 59.8 Å². The van der Waals surface area contributed by atoms with E-state index in [1.165, 1.54) is 56.4 Å². The SMILES string of the molecule is CC(C)N(C[C@H]1O[C@@H](n2cnc3c(N)ncnc32)[C@H](O)[C@@H]1O)C1CC(CCc2nc3ccc(C4(C#N)CC4)cc3[nH]2)C1.CC(C)N(C[C@H]1O[C@@H](n2cnc3c(N)ncnc32)[C@H](O)[C@@H]1O)C1CC(CCc2nc3ccc(C4(C#N)CC4)cc3[nH]2)C1.CN(C[C@H]1O[C@@H](n2cnc3c(N)ncnc32)[C@H](O)[C@@H]1O)C1CC(CCc2nc3ccc(C4CC4)cc3[nH]2)C1. The third-order valence-corrected chi connectivity index (χ3v) is 27.8. The number of hydrogen-bond donors (Lipinski definition) is 12. The number of nitrogens with one attached hydrogen (secondary N) is 3.